The number of ether oxygens (including phenoxy) is 6. The third kappa shape index (κ3) is 7.29. The van der Waals surface area contributed by atoms with Crippen molar-refractivity contribution < 1.29 is 28.4 Å². The molecule has 6 heteroatoms. The van der Waals surface area contributed by atoms with Gasteiger partial charge in [0, 0.05) is 5.92 Å². The van der Waals surface area contributed by atoms with Crippen molar-refractivity contribution in [3.63, 3.8) is 0 Å². The molecule has 0 spiro atoms. The molecule has 4 aromatic carbocycles. The smallest absolute Gasteiger partial charge is 0.189 e. The summed E-state index contributed by atoms with van der Waals surface area (Å²) in [5.74, 6) is 1.92. The molecule has 0 N–H and O–H groups in total. The van der Waals surface area contributed by atoms with Crippen molar-refractivity contribution in [1.82, 2.24) is 0 Å². The van der Waals surface area contributed by atoms with Crippen molar-refractivity contribution in [3.8, 4) is 22.6 Å². The molecular formula is C38H36O6. The maximum Gasteiger partial charge on any atom is 0.189 e. The molecule has 3 aliphatic rings. The highest BCUT2D eigenvalue weighted by Crippen LogP contribution is 2.45. The van der Waals surface area contributed by atoms with Crippen LogP contribution in [0.1, 0.15) is 46.2 Å². The Balaban J connectivity index is 0.947. The molecule has 6 nitrogen and oxygen atoms in total. The van der Waals surface area contributed by atoms with E-state index in [1.807, 2.05) is 24.3 Å². The lowest BCUT2D eigenvalue weighted by molar-refractivity contribution is 0.00809. The minimum absolute atomic E-state index is 0.236. The van der Waals surface area contributed by atoms with Gasteiger partial charge in [-0.15, -0.1) is 0 Å². The zero-order valence-electron chi connectivity index (χ0n) is 24.8. The molecule has 2 unspecified atom stereocenters. The number of benzene rings is 4. The van der Waals surface area contributed by atoms with Crippen molar-refractivity contribution in [2.75, 3.05) is 40.0 Å². The van der Waals surface area contributed by atoms with Crippen LogP contribution in [0.25, 0.3) is 35.4 Å². The van der Waals surface area contributed by atoms with Crippen LogP contribution in [0.15, 0.2) is 84.9 Å². The van der Waals surface area contributed by atoms with Crippen LogP contribution in [-0.4, -0.2) is 52.2 Å². The highest BCUT2D eigenvalue weighted by Gasteiger charge is 2.25. The third-order valence-corrected chi connectivity index (χ3v) is 8.10. The van der Waals surface area contributed by atoms with Gasteiger partial charge in [0.05, 0.1) is 26.4 Å². The number of rotatable bonds is 14. The lowest BCUT2D eigenvalue weighted by Crippen LogP contribution is -2.07. The summed E-state index contributed by atoms with van der Waals surface area (Å²) in [7, 11) is 0. The normalized spacial score (nSPS) is 19.7. The van der Waals surface area contributed by atoms with Gasteiger partial charge in [-0.25, -0.2) is 0 Å². The standard InChI is InChI=1S/C38H36O6/c1-26-37-18-29(4-2-27-6-12-31(13-7-27)43-24-39-20-33-22-41-33)10-16-35(37)36-17-11-30(19-38(26)36)5-3-28-8-14-32(15-9-28)44-25-40-21-34-23-42-34/h2-19,26,33-34H,20-25H2,1H3. The first-order valence-corrected chi connectivity index (χ1v) is 15.2. The van der Waals surface area contributed by atoms with Crippen LogP contribution in [0.5, 0.6) is 11.5 Å². The predicted octanol–water partition coefficient (Wildman–Crippen LogP) is 7.66. The van der Waals surface area contributed by atoms with E-state index in [2.05, 4.69) is 91.9 Å². The van der Waals surface area contributed by atoms with Crippen LogP contribution in [-0.2, 0) is 18.9 Å². The van der Waals surface area contributed by atoms with E-state index in [1.165, 1.54) is 33.4 Å². The Labute approximate surface area is 258 Å². The minimum Gasteiger partial charge on any atom is -0.468 e. The fourth-order valence-corrected chi connectivity index (χ4v) is 5.39. The van der Waals surface area contributed by atoms with Gasteiger partial charge < -0.3 is 28.4 Å². The number of hydrogen-bond donors (Lipinski definition) is 0. The lowest BCUT2D eigenvalue weighted by Gasteiger charge is -2.08. The van der Waals surface area contributed by atoms with Crippen molar-refractivity contribution in [3.05, 3.63) is 118 Å². The van der Waals surface area contributed by atoms with Crippen LogP contribution in [0.4, 0.5) is 0 Å². The third-order valence-electron chi connectivity index (χ3n) is 8.10. The summed E-state index contributed by atoms with van der Waals surface area (Å²) in [5.41, 5.74) is 10.00. The Morgan fingerprint density at radius 3 is 1.36 bits per heavy atom. The van der Waals surface area contributed by atoms with Crippen molar-refractivity contribution in [2.45, 2.75) is 25.0 Å². The molecule has 0 amide bonds. The quantitative estimate of drug-likeness (QED) is 0.0652. The number of fused-ring (bicyclic) bond motifs is 3. The highest BCUT2D eigenvalue weighted by atomic mass is 16.7. The van der Waals surface area contributed by atoms with Gasteiger partial charge in [0.15, 0.2) is 13.6 Å². The summed E-state index contributed by atoms with van der Waals surface area (Å²) in [6.07, 6.45) is 9.12. The zero-order chi connectivity index (χ0) is 29.7. The first-order valence-electron chi connectivity index (χ1n) is 15.2. The zero-order valence-corrected chi connectivity index (χ0v) is 24.8. The van der Waals surface area contributed by atoms with E-state index in [-0.39, 0.29) is 25.8 Å². The van der Waals surface area contributed by atoms with Gasteiger partial charge in [0.2, 0.25) is 0 Å². The van der Waals surface area contributed by atoms with E-state index < -0.39 is 0 Å². The maximum atomic E-state index is 5.65. The average Bonchev–Trinajstić information content (AvgIpc) is 4.01. The monoisotopic (exact) mass is 588 g/mol. The van der Waals surface area contributed by atoms with E-state index in [1.54, 1.807) is 0 Å². The predicted molar refractivity (Wildman–Crippen MR) is 173 cm³/mol. The number of hydrogen-bond acceptors (Lipinski definition) is 6. The molecule has 2 aliphatic heterocycles. The van der Waals surface area contributed by atoms with Crippen LogP contribution in [0, 0.1) is 0 Å². The summed E-state index contributed by atoms with van der Waals surface area (Å²) >= 11 is 0. The first kappa shape index (κ1) is 28.6. The van der Waals surface area contributed by atoms with E-state index in [4.69, 9.17) is 28.4 Å². The van der Waals surface area contributed by atoms with Crippen molar-refractivity contribution in [1.29, 1.82) is 0 Å². The molecule has 2 fully saturated rings. The Kier molecular flexibility index (Phi) is 8.57. The second kappa shape index (κ2) is 13.2. The molecule has 0 radical (unpaired) electrons. The van der Waals surface area contributed by atoms with Gasteiger partial charge in [-0.1, -0.05) is 91.9 Å². The molecule has 4 aromatic rings. The molecule has 0 aromatic heterocycles. The Morgan fingerprint density at radius 2 is 0.955 bits per heavy atom. The molecule has 1 aliphatic carbocycles. The van der Waals surface area contributed by atoms with Crippen LogP contribution < -0.4 is 9.47 Å². The van der Waals surface area contributed by atoms with Crippen LogP contribution in [0.2, 0.25) is 0 Å². The summed E-state index contributed by atoms with van der Waals surface area (Å²) in [4.78, 5) is 0. The molecule has 2 saturated heterocycles. The largest absolute Gasteiger partial charge is 0.468 e. The van der Waals surface area contributed by atoms with Gasteiger partial charge in [0.1, 0.15) is 23.7 Å². The summed E-state index contributed by atoms with van der Waals surface area (Å²) < 4.78 is 32.5. The molecule has 7 rings (SSSR count). The second-order valence-electron chi connectivity index (χ2n) is 11.4. The Bertz CT molecular complexity index is 1510. The lowest BCUT2D eigenvalue weighted by atomic mass is 9.96. The molecule has 2 atom stereocenters. The van der Waals surface area contributed by atoms with E-state index in [0.29, 0.717) is 19.1 Å². The van der Waals surface area contributed by atoms with Crippen molar-refractivity contribution in [2.24, 2.45) is 0 Å². The topological polar surface area (TPSA) is 62.0 Å². The van der Waals surface area contributed by atoms with Gasteiger partial charge in [-0.2, -0.15) is 0 Å². The van der Waals surface area contributed by atoms with Crippen LogP contribution >= 0.6 is 0 Å². The van der Waals surface area contributed by atoms with E-state index in [0.717, 1.165) is 35.8 Å². The maximum absolute atomic E-state index is 5.65. The first-order chi connectivity index (χ1) is 21.7. The Morgan fingerprint density at radius 1 is 0.568 bits per heavy atom. The van der Waals surface area contributed by atoms with Gasteiger partial charge in [-0.3, -0.25) is 0 Å². The average molecular weight is 589 g/mol. The minimum atomic E-state index is 0.236. The van der Waals surface area contributed by atoms with Crippen molar-refractivity contribution >= 4 is 24.3 Å². The fraction of sp³-hybridized carbons (Fsp3) is 0.263. The van der Waals surface area contributed by atoms with Crippen LogP contribution in [0.3, 0.4) is 0 Å². The van der Waals surface area contributed by atoms with E-state index >= 15 is 0 Å². The number of epoxide rings is 2. The molecular weight excluding hydrogens is 552 g/mol. The van der Waals surface area contributed by atoms with Gasteiger partial charge >= 0.3 is 0 Å². The SMILES string of the molecule is CC1c2cc(C=Cc3ccc(OCOCC4CO4)cc3)ccc2-c2ccc(C=Cc3ccc(OCOCC4CO4)cc3)cc21. The summed E-state index contributed by atoms with van der Waals surface area (Å²) in [6, 6.07) is 29.6. The second-order valence-corrected chi connectivity index (χ2v) is 11.4. The molecule has 0 bridgehead atoms. The molecule has 2 heterocycles. The van der Waals surface area contributed by atoms with Gasteiger partial charge in [0.25, 0.3) is 0 Å². The highest BCUT2D eigenvalue weighted by molar-refractivity contribution is 5.83. The van der Waals surface area contributed by atoms with E-state index in [9.17, 15) is 0 Å². The Hall–Kier alpha value is -4.20. The fourth-order valence-electron chi connectivity index (χ4n) is 5.39. The van der Waals surface area contributed by atoms with Gasteiger partial charge in [-0.05, 0) is 68.8 Å². The molecule has 0 saturated carbocycles. The summed E-state index contributed by atoms with van der Waals surface area (Å²) in [5, 5.41) is 0. The molecule has 224 valence electrons. The summed E-state index contributed by atoms with van der Waals surface area (Å²) in [6.45, 7) is 5.52. The molecule has 44 heavy (non-hydrogen) atoms.